The molecule has 1 aromatic rings. The lowest BCUT2D eigenvalue weighted by Crippen LogP contribution is -2.36. The molecule has 3 heteroatoms. The first kappa shape index (κ1) is 14.3. The number of piperidine rings is 1. The molecule has 2 unspecified atom stereocenters. The van der Waals surface area contributed by atoms with Gasteiger partial charge in [-0.1, -0.05) is 19.4 Å². The van der Waals surface area contributed by atoms with E-state index in [-0.39, 0.29) is 11.9 Å². The van der Waals surface area contributed by atoms with E-state index in [0.717, 1.165) is 30.3 Å². The fourth-order valence-electron chi connectivity index (χ4n) is 2.99. The van der Waals surface area contributed by atoms with Crippen molar-refractivity contribution in [2.24, 2.45) is 5.92 Å². The number of benzene rings is 1. The highest BCUT2D eigenvalue weighted by Gasteiger charge is 2.23. The number of anilines is 1. The van der Waals surface area contributed by atoms with Crippen LogP contribution in [0.25, 0.3) is 0 Å². The topological polar surface area (TPSA) is 15.3 Å². The third-order valence-electron chi connectivity index (χ3n) is 4.33. The molecule has 2 nitrogen and oxygen atoms in total. The fourth-order valence-corrected chi connectivity index (χ4v) is 2.99. The normalized spacial score (nSPS) is 21.5. The van der Waals surface area contributed by atoms with Gasteiger partial charge in [-0.3, -0.25) is 0 Å². The monoisotopic (exact) mass is 264 g/mol. The maximum absolute atomic E-state index is 14.2. The lowest BCUT2D eigenvalue weighted by molar-refractivity contribution is 0.403. The second-order valence-electron chi connectivity index (χ2n) is 5.55. The van der Waals surface area contributed by atoms with Crippen molar-refractivity contribution < 1.29 is 4.39 Å². The zero-order chi connectivity index (χ0) is 13.8. The van der Waals surface area contributed by atoms with E-state index < -0.39 is 0 Å². The number of halogens is 1. The summed E-state index contributed by atoms with van der Waals surface area (Å²) in [6.45, 7) is 6.37. The molecular weight excluding hydrogens is 239 g/mol. The zero-order valence-corrected chi connectivity index (χ0v) is 12.2. The summed E-state index contributed by atoms with van der Waals surface area (Å²) in [6, 6.07) is 5.49. The van der Waals surface area contributed by atoms with E-state index in [1.54, 1.807) is 6.07 Å². The van der Waals surface area contributed by atoms with Crippen molar-refractivity contribution in [1.29, 1.82) is 0 Å². The van der Waals surface area contributed by atoms with Gasteiger partial charge in [0, 0.05) is 30.4 Å². The molecule has 0 bridgehead atoms. The Morgan fingerprint density at radius 1 is 1.47 bits per heavy atom. The Bertz CT molecular complexity index is 419. The van der Waals surface area contributed by atoms with Crippen LogP contribution >= 0.6 is 0 Å². The van der Waals surface area contributed by atoms with Crippen LogP contribution in [0.1, 0.15) is 44.7 Å². The average Bonchev–Trinajstić information content (AvgIpc) is 2.46. The minimum absolute atomic E-state index is 0.0400. The lowest BCUT2D eigenvalue weighted by atomic mass is 9.94. The SMILES string of the molecule is CCC1CCCN(c2cccc(F)c2C(C)NC)C1. The van der Waals surface area contributed by atoms with Gasteiger partial charge in [-0.05, 0) is 44.9 Å². The van der Waals surface area contributed by atoms with Gasteiger partial charge in [0.15, 0.2) is 0 Å². The summed E-state index contributed by atoms with van der Waals surface area (Å²) < 4.78 is 14.2. The molecule has 2 atom stereocenters. The number of hydrogen-bond donors (Lipinski definition) is 1. The zero-order valence-electron chi connectivity index (χ0n) is 12.2. The molecule has 1 fully saturated rings. The molecule has 1 aliphatic rings. The molecule has 0 spiro atoms. The number of nitrogens with one attached hydrogen (secondary N) is 1. The summed E-state index contributed by atoms with van der Waals surface area (Å²) >= 11 is 0. The largest absolute Gasteiger partial charge is 0.371 e. The summed E-state index contributed by atoms with van der Waals surface area (Å²) in [5, 5.41) is 3.16. The first-order valence-electron chi connectivity index (χ1n) is 7.38. The van der Waals surface area contributed by atoms with Gasteiger partial charge in [-0.15, -0.1) is 0 Å². The molecule has 0 amide bonds. The fraction of sp³-hybridized carbons (Fsp3) is 0.625. The van der Waals surface area contributed by atoms with Crippen LogP contribution in [-0.4, -0.2) is 20.1 Å². The van der Waals surface area contributed by atoms with E-state index >= 15 is 0 Å². The summed E-state index contributed by atoms with van der Waals surface area (Å²) in [5.74, 6) is 0.646. The van der Waals surface area contributed by atoms with E-state index in [1.807, 2.05) is 20.0 Å². The molecule has 0 saturated carbocycles. The minimum atomic E-state index is -0.0991. The van der Waals surface area contributed by atoms with Gasteiger partial charge >= 0.3 is 0 Å². The maximum atomic E-state index is 14.2. The van der Waals surface area contributed by atoms with Crippen molar-refractivity contribution in [3.8, 4) is 0 Å². The Morgan fingerprint density at radius 2 is 2.26 bits per heavy atom. The molecule has 106 valence electrons. The lowest BCUT2D eigenvalue weighted by Gasteiger charge is -2.36. The smallest absolute Gasteiger partial charge is 0.130 e. The highest BCUT2D eigenvalue weighted by molar-refractivity contribution is 5.56. The van der Waals surface area contributed by atoms with Crippen LogP contribution in [-0.2, 0) is 0 Å². The first-order chi connectivity index (χ1) is 9.17. The molecule has 1 aromatic carbocycles. The van der Waals surface area contributed by atoms with Crippen molar-refractivity contribution in [3.63, 3.8) is 0 Å². The summed E-state index contributed by atoms with van der Waals surface area (Å²) in [7, 11) is 1.88. The van der Waals surface area contributed by atoms with E-state index in [4.69, 9.17) is 0 Å². The van der Waals surface area contributed by atoms with Crippen LogP contribution < -0.4 is 10.2 Å². The molecule has 0 aliphatic carbocycles. The molecule has 1 saturated heterocycles. The Kier molecular flexibility index (Phi) is 4.81. The van der Waals surface area contributed by atoms with Gasteiger partial charge in [0.25, 0.3) is 0 Å². The summed E-state index contributed by atoms with van der Waals surface area (Å²) in [4.78, 5) is 2.37. The van der Waals surface area contributed by atoms with Crippen LogP contribution in [0.3, 0.4) is 0 Å². The quantitative estimate of drug-likeness (QED) is 0.891. The molecule has 2 rings (SSSR count). The molecule has 1 heterocycles. The van der Waals surface area contributed by atoms with Crippen LogP contribution in [0.4, 0.5) is 10.1 Å². The van der Waals surface area contributed by atoms with Gasteiger partial charge in [-0.2, -0.15) is 0 Å². The second-order valence-corrected chi connectivity index (χ2v) is 5.55. The minimum Gasteiger partial charge on any atom is -0.371 e. The van der Waals surface area contributed by atoms with Crippen molar-refractivity contribution >= 4 is 5.69 Å². The standard InChI is InChI=1S/C16H25FN2/c1-4-13-7-6-10-19(11-13)15-9-5-8-14(17)16(15)12(2)18-3/h5,8-9,12-13,18H,4,6-7,10-11H2,1-3H3. The number of rotatable bonds is 4. The third-order valence-corrected chi connectivity index (χ3v) is 4.33. The third kappa shape index (κ3) is 3.08. The van der Waals surface area contributed by atoms with Gasteiger partial charge in [0.2, 0.25) is 0 Å². The number of nitrogens with zero attached hydrogens (tertiary/aromatic N) is 1. The number of hydrogen-bond acceptors (Lipinski definition) is 2. The highest BCUT2D eigenvalue weighted by atomic mass is 19.1. The molecule has 19 heavy (non-hydrogen) atoms. The van der Waals surface area contributed by atoms with Gasteiger partial charge in [0.05, 0.1) is 0 Å². The van der Waals surface area contributed by atoms with Gasteiger partial charge in [0.1, 0.15) is 5.82 Å². The van der Waals surface area contributed by atoms with Crippen LogP contribution in [0.15, 0.2) is 18.2 Å². The van der Waals surface area contributed by atoms with E-state index in [9.17, 15) is 4.39 Å². The van der Waals surface area contributed by atoms with E-state index in [2.05, 4.69) is 23.2 Å². The van der Waals surface area contributed by atoms with Gasteiger partial charge < -0.3 is 10.2 Å². The predicted octanol–water partition coefficient (Wildman–Crippen LogP) is 3.73. The Labute approximate surface area is 116 Å². The maximum Gasteiger partial charge on any atom is 0.130 e. The average molecular weight is 264 g/mol. The molecule has 0 radical (unpaired) electrons. The first-order valence-corrected chi connectivity index (χ1v) is 7.38. The Morgan fingerprint density at radius 3 is 2.95 bits per heavy atom. The molecule has 1 N–H and O–H groups in total. The molecular formula is C16H25FN2. The van der Waals surface area contributed by atoms with E-state index in [1.165, 1.54) is 19.3 Å². The summed E-state index contributed by atoms with van der Waals surface area (Å²) in [5.41, 5.74) is 1.88. The van der Waals surface area contributed by atoms with Crippen LogP contribution in [0.5, 0.6) is 0 Å². The van der Waals surface area contributed by atoms with Crippen molar-refractivity contribution in [2.75, 3.05) is 25.0 Å². The van der Waals surface area contributed by atoms with Crippen LogP contribution in [0, 0.1) is 11.7 Å². The van der Waals surface area contributed by atoms with Crippen molar-refractivity contribution in [1.82, 2.24) is 5.32 Å². The van der Waals surface area contributed by atoms with Crippen molar-refractivity contribution in [2.45, 2.75) is 39.2 Å². The van der Waals surface area contributed by atoms with Crippen molar-refractivity contribution in [3.05, 3.63) is 29.6 Å². The van der Waals surface area contributed by atoms with E-state index in [0.29, 0.717) is 0 Å². The molecule has 1 aliphatic heterocycles. The second kappa shape index (κ2) is 6.38. The Hall–Kier alpha value is -1.09. The highest BCUT2D eigenvalue weighted by Crippen LogP contribution is 2.32. The van der Waals surface area contributed by atoms with Gasteiger partial charge in [-0.25, -0.2) is 4.39 Å². The molecule has 0 aromatic heterocycles. The Balaban J connectivity index is 2.30. The summed E-state index contributed by atoms with van der Waals surface area (Å²) in [6.07, 6.45) is 3.73. The van der Waals surface area contributed by atoms with Crippen LogP contribution in [0.2, 0.25) is 0 Å². The predicted molar refractivity (Wildman–Crippen MR) is 79.1 cm³/mol.